The maximum atomic E-state index is 12.2. The highest BCUT2D eigenvalue weighted by Crippen LogP contribution is 2.11. The molecule has 2 aromatic rings. The number of amides is 1. The van der Waals surface area contributed by atoms with Crippen LogP contribution in [0, 0.1) is 0 Å². The summed E-state index contributed by atoms with van der Waals surface area (Å²) in [6.45, 7) is 1.75. The summed E-state index contributed by atoms with van der Waals surface area (Å²) < 4.78 is 5.36. The molecule has 0 aliphatic carbocycles. The van der Waals surface area contributed by atoms with E-state index in [1.165, 1.54) is 18.4 Å². The molecule has 1 heterocycles. The number of nitrogens with one attached hydrogen (secondary N) is 1. The van der Waals surface area contributed by atoms with Crippen LogP contribution >= 0.6 is 0 Å². The van der Waals surface area contributed by atoms with E-state index in [0.717, 1.165) is 0 Å². The maximum Gasteiger partial charge on any atom is 0.244 e. The molecule has 110 valence electrons. The first kappa shape index (κ1) is 15.0. The highest BCUT2D eigenvalue weighted by molar-refractivity contribution is 5.92. The molecule has 5 heteroatoms. The smallest absolute Gasteiger partial charge is 0.244 e. The molecule has 0 fully saturated rings. The van der Waals surface area contributed by atoms with Gasteiger partial charge in [-0.1, -0.05) is 19.1 Å². The molecule has 1 atom stereocenters. The number of hydrogen-bond donors (Lipinski definition) is 2. The van der Waals surface area contributed by atoms with Gasteiger partial charge in [0.15, 0.2) is 5.43 Å². The number of benzene rings is 1. The number of rotatable bonds is 5. The Kier molecular flexibility index (Phi) is 4.90. The summed E-state index contributed by atoms with van der Waals surface area (Å²) in [5.74, 6) is -0.358. The van der Waals surface area contributed by atoms with E-state index in [1.54, 1.807) is 24.3 Å². The fraction of sp³-hybridized carbons (Fsp3) is 0.250. The van der Waals surface area contributed by atoms with Crippen molar-refractivity contribution in [2.24, 2.45) is 0 Å². The van der Waals surface area contributed by atoms with Crippen molar-refractivity contribution in [2.45, 2.75) is 19.4 Å². The first-order chi connectivity index (χ1) is 10.2. The fourth-order valence-corrected chi connectivity index (χ4v) is 1.90. The normalized spacial score (nSPS) is 12.7. The minimum absolute atomic E-state index is 0.117. The van der Waals surface area contributed by atoms with E-state index < -0.39 is 0 Å². The third kappa shape index (κ3) is 3.58. The lowest BCUT2D eigenvalue weighted by Gasteiger charge is -2.11. The van der Waals surface area contributed by atoms with Crippen molar-refractivity contribution >= 4 is 23.0 Å². The monoisotopic (exact) mass is 287 g/mol. The molecule has 1 amide bonds. The zero-order valence-electron chi connectivity index (χ0n) is 11.7. The van der Waals surface area contributed by atoms with Gasteiger partial charge in [0.1, 0.15) is 11.8 Å². The SMILES string of the molecule is CCC(CO)NC(=O)/C=C/c1coc2ccccc2c1=O. The van der Waals surface area contributed by atoms with Crippen LogP contribution in [0.4, 0.5) is 0 Å². The van der Waals surface area contributed by atoms with Gasteiger partial charge in [-0.05, 0) is 24.6 Å². The number of aliphatic hydroxyl groups excluding tert-OH is 1. The number of hydrogen-bond acceptors (Lipinski definition) is 4. The van der Waals surface area contributed by atoms with E-state index in [-0.39, 0.29) is 24.0 Å². The molecule has 21 heavy (non-hydrogen) atoms. The van der Waals surface area contributed by atoms with Crippen LogP contribution in [-0.2, 0) is 4.79 Å². The van der Waals surface area contributed by atoms with Crippen LogP contribution < -0.4 is 10.7 Å². The first-order valence-corrected chi connectivity index (χ1v) is 6.75. The van der Waals surface area contributed by atoms with Crippen molar-refractivity contribution in [1.29, 1.82) is 0 Å². The van der Waals surface area contributed by atoms with Crippen molar-refractivity contribution in [3.05, 3.63) is 52.4 Å². The topological polar surface area (TPSA) is 79.5 Å². The summed E-state index contributed by atoms with van der Waals surface area (Å²) in [7, 11) is 0. The third-order valence-electron chi connectivity index (χ3n) is 3.18. The zero-order valence-corrected chi connectivity index (χ0v) is 11.7. The first-order valence-electron chi connectivity index (χ1n) is 6.75. The summed E-state index contributed by atoms with van der Waals surface area (Å²) in [5.41, 5.74) is 0.631. The fourth-order valence-electron chi connectivity index (χ4n) is 1.90. The van der Waals surface area contributed by atoms with E-state index in [9.17, 15) is 9.59 Å². The van der Waals surface area contributed by atoms with E-state index in [4.69, 9.17) is 9.52 Å². The third-order valence-corrected chi connectivity index (χ3v) is 3.18. The van der Waals surface area contributed by atoms with Gasteiger partial charge in [-0.3, -0.25) is 9.59 Å². The van der Waals surface area contributed by atoms with E-state index in [2.05, 4.69) is 5.32 Å². The lowest BCUT2D eigenvalue weighted by Crippen LogP contribution is -2.35. The summed E-state index contributed by atoms with van der Waals surface area (Å²) in [6.07, 6.45) is 4.64. The Balaban J connectivity index is 2.20. The Morgan fingerprint density at radius 3 is 2.90 bits per heavy atom. The van der Waals surface area contributed by atoms with Crippen molar-refractivity contribution < 1.29 is 14.3 Å². The maximum absolute atomic E-state index is 12.2. The number of aliphatic hydroxyl groups is 1. The van der Waals surface area contributed by atoms with Crippen LogP contribution in [0.5, 0.6) is 0 Å². The molecule has 0 bridgehead atoms. The van der Waals surface area contributed by atoms with Gasteiger partial charge in [0.2, 0.25) is 5.91 Å². The number of para-hydroxylation sites is 1. The molecule has 1 unspecified atom stereocenters. The van der Waals surface area contributed by atoms with Crippen LogP contribution in [0.25, 0.3) is 17.0 Å². The van der Waals surface area contributed by atoms with Crippen LogP contribution in [-0.4, -0.2) is 23.7 Å². The molecular weight excluding hydrogens is 270 g/mol. The van der Waals surface area contributed by atoms with E-state index in [0.29, 0.717) is 23.0 Å². The Hall–Kier alpha value is -2.40. The van der Waals surface area contributed by atoms with E-state index in [1.807, 2.05) is 6.92 Å². The molecule has 0 saturated carbocycles. The highest BCUT2D eigenvalue weighted by atomic mass is 16.3. The average Bonchev–Trinajstić information content (AvgIpc) is 2.52. The molecule has 2 rings (SSSR count). The molecule has 0 aliphatic rings. The summed E-state index contributed by atoms with van der Waals surface area (Å²) in [4.78, 5) is 23.9. The average molecular weight is 287 g/mol. The van der Waals surface area contributed by atoms with Crippen LogP contribution in [0.1, 0.15) is 18.9 Å². The Labute approximate surface area is 121 Å². The van der Waals surface area contributed by atoms with Gasteiger partial charge in [-0.15, -0.1) is 0 Å². The second kappa shape index (κ2) is 6.85. The molecule has 5 nitrogen and oxygen atoms in total. The van der Waals surface area contributed by atoms with Crippen molar-refractivity contribution in [3.8, 4) is 0 Å². The summed E-state index contributed by atoms with van der Waals surface area (Å²) in [5, 5.41) is 12.1. The second-order valence-corrected chi connectivity index (χ2v) is 4.65. The quantitative estimate of drug-likeness (QED) is 0.820. The molecule has 1 aromatic heterocycles. The Bertz CT molecular complexity index is 714. The van der Waals surface area contributed by atoms with Gasteiger partial charge in [-0.2, -0.15) is 0 Å². The van der Waals surface area contributed by atoms with Gasteiger partial charge in [0.05, 0.1) is 23.6 Å². The van der Waals surface area contributed by atoms with Gasteiger partial charge >= 0.3 is 0 Å². The minimum Gasteiger partial charge on any atom is -0.463 e. The van der Waals surface area contributed by atoms with Gasteiger partial charge in [-0.25, -0.2) is 0 Å². The van der Waals surface area contributed by atoms with Crippen molar-refractivity contribution in [2.75, 3.05) is 6.61 Å². The predicted molar refractivity (Wildman–Crippen MR) is 80.8 cm³/mol. The van der Waals surface area contributed by atoms with E-state index >= 15 is 0 Å². The molecule has 2 N–H and O–H groups in total. The van der Waals surface area contributed by atoms with Crippen LogP contribution in [0.2, 0.25) is 0 Å². The summed E-state index contributed by atoms with van der Waals surface area (Å²) in [6, 6.07) is 6.65. The molecule has 0 saturated heterocycles. The lowest BCUT2D eigenvalue weighted by atomic mass is 10.1. The van der Waals surface area contributed by atoms with Gasteiger partial charge in [0, 0.05) is 6.08 Å². The predicted octanol–water partition coefficient (Wildman–Crippen LogP) is 1.69. The molecule has 0 radical (unpaired) electrons. The van der Waals surface area contributed by atoms with Crippen LogP contribution in [0.15, 0.2) is 45.8 Å². The number of carbonyl (C=O) groups excluding carboxylic acids is 1. The zero-order chi connectivity index (χ0) is 15.2. The molecule has 0 spiro atoms. The molecule has 0 aliphatic heterocycles. The number of fused-ring (bicyclic) bond motifs is 1. The van der Waals surface area contributed by atoms with Crippen LogP contribution in [0.3, 0.4) is 0 Å². The minimum atomic E-state index is -0.358. The Morgan fingerprint density at radius 2 is 2.19 bits per heavy atom. The van der Waals surface area contributed by atoms with Crippen molar-refractivity contribution in [3.63, 3.8) is 0 Å². The molecule has 1 aromatic carbocycles. The summed E-state index contributed by atoms with van der Waals surface area (Å²) >= 11 is 0. The second-order valence-electron chi connectivity index (χ2n) is 4.65. The van der Waals surface area contributed by atoms with Gasteiger partial charge < -0.3 is 14.8 Å². The largest absolute Gasteiger partial charge is 0.463 e. The van der Waals surface area contributed by atoms with Crippen molar-refractivity contribution in [1.82, 2.24) is 5.32 Å². The highest BCUT2D eigenvalue weighted by Gasteiger charge is 2.07. The number of carbonyl (C=O) groups is 1. The van der Waals surface area contributed by atoms with Gasteiger partial charge in [0.25, 0.3) is 0 Å². The Morgan fingerprint density at radius 1 is 1.43 bits per heavy atom. The molecular formula is C16H17NO4. The standard InChI is InChI=1S/C16H17NO4/c1-2-12(9-18)17-15(19)8-7-11-10-21-14-6-4-3-5-13(14)16(11)20/h3-8,10,12,18H,2,9H2,1H3,(H,17,19)/b8-7+. The lowest BCUT2D eigenvalue weighted by molar-refractivity contribution is -0.117.